The summed E-state index contributed by atoms with van der Waals surface area (Å²) in [4.78, 5) is 14.1. The van der Waals surface area contributed by atoms with E-state index in [-0.39, 0.29) is 5.82 Å². The average Bonchev–Trinajstić information content (AvgIpc) is 3.17. The van der Waals surface area contributed by atoms with Gasteiger partial charge in [0.15, 0.2) is 5.65 Å². The van der Waals surface area contributed by atoms with Gasteiger partial charge in [0, 0.05) is 44.6 Å². The first-order valence-corrected chi connectivity index (χ1v) is 10.4. The molecule has 158 valence electrons. The van der Waals surface area contributed by atoms with Gasteiger partial charge in [0.2, 0.25) is 5.95 Å². The van der Waals surface area contributed by atoms with E-state index >= 15 is 0 Å². The van der Waals surface area contributed by atoms with Crippen LogP contribution in [-0.4, -0.2) is 45.9 Å². The molecule has 1 fully saturated rings. The van der Waals surface area contributed by atoms with Crippen LogP contribution in [0.15, 0.2) is 54.7 Å². The van der Waals surface area contributed by atoms with Gasteiger partial charge in [0.05, 0.1) is 11.6 Å². The van der Waals surface area contributed by atoms with Crippen molar-refractivity contribution in [1.29, 1.82) is 0 Å². The Balaban J connectivity index is 1.40. The van der Waals surface area contributed by atoms with Gasteiger partial charge in [0.1, 0.15) is 11.6 Å². The van der Waals surface area contributed by atoms with Crippen molar-refractivity contribution in [3.63, 3.8) is 0 Å². The van der Waals surface area contributed by atoms with Crippen LogP contribution in [0.1, 0.15) is 5.56 Å². The number of piperazine rings is 1. The fourth-order valence-electron chi connectivity index (χ4n) is 3.84. The number of hydrogen-bond donors (Lipinski definition) is 1. The van der Waals surface area contributed by atoms with Crippen LogP contribution >= 0.6 is 0 Å². The molecule has 1 saturated heterocycles. The molecular weight excluding hydrogens is 393 g/mol. The van der Waals surface area contributed by atoms with E-state index in [9.17, 15) is 4.39 Å². The van der Waals surface area contributed by atoms with E-state index in [2.05, 4.69) is 39.3 Å². The quantitative estimate of drug-likeness (QED) is 0.544. The van der Waals surface area contributed by atoms with Crippen LogP contribution in [0.25, 0.3) is 11.0 Å². The van der Waals surface area contributed by atoms with Gasteiger partial charge in [-0.25, -0.2) is 4.39 Å². The molecule has 0 amide bonds. The number of halogens is 1. The van der Waals surface area contributed by atoms with Crippen molar-refractivity contribution < 1.29 is 4.39 Å². The predicted octanol–water partition coefficient (Wildman–Crippen LogP) is 3.88. The number of nitrogens with zero attached hydrogens (tertiary/aromatic N) is 6. The molecule has 7 nitrogen and oxygen atoms in total. The molecule has 3 heterocycles. The topological polar surface area (TPSA) is 62.1 Å². The van der Waals surface area contributed by atoms with Crippen LogP contribution in [0.3, 0.4) is 0 Å². The first kappa shape index (κ1) is 19.3. The normalized spacial score (nSPS) is 14.3. The highest BCUT2D eigenvalue weighted by molar-refractivity contribution is 5.89. The Morgan fingerprint density at radius 1 is 0.871 bits per heavy atom. The van der Waals surface area contributed by atoms with Crippen molar-refractivity contribution in [2.75, 3.05) is 41.3 Å². The molecule has 1 aliphatic rings. The maximum absolute atomic E-state index is 13.2. The Hall–Kier alpha value is -3.68. The monoisotopic (exact) mass is 417 g/mol. The maximum Gasteiger partial charge on any atom is 0.229 e. The highest BCUT2D eigenvalue weighted by atomic mass is 19.1. The molecule has 0 bridgehead atoms. The van der Waals surface area contributed by atoms with Gasteiger partial charge in [-0.1, -0.05) is 17.7 Å². The van der Waals surface area contributed by atoms with Gasteiger partial charge in [-0.2, -0.15) is 15.1 Å². The first-order valence-electron chi connectivity index (χ1n) is 10.4. The van der Waals surface area contributed by atoms with Crippen LogP contribution in [0.2, 0.25) is 0 Å². The van der Waals surface area contributed by atoms with Crippen molar-refractivity contribution in [3.8, 4) is 0 Å². The molecule has 1 aliphatic heterocycles. The number of fused-ring (bicyclic) bond motifs is 1. The minimum atomic E-state index is -0.214. The SMILES string of the molecule is Cc1ccc(Nc2nc(N3CCN(c4ccc(F)cc4)CC3)nc3c2cnn3C)cc1. The Bertz CT molecular complexity index is 1190. The van der Waals surface area contributed by atoms with Crippen molar-refractivity contribution >= 4 is 34.2 Å². The Morgan fingerprint density at radius 2 is 1.55 bits per heavy atom. The number of anilines is 4. The Kier molecular flexibility index (Phi) is 4.89. The van der Waals surface area contributed by atoms with Crippen molar-refractivity contribution in [1.82, 2.24) is 19.7 Å². The summed E-state index contributed by atoms with van der Waals surface area (Å²) in [6.45, 7) is 5.27. The van der Waals surface area contributed by atoms with Crippen LogP contribution in [0, 0.1) is 12.7 Å². The average molecular weight is 417 g/mol. The lowest BCUT2D eigenvalue weighted by Crippen LogP contribution is -2.47. The van der Waals surface area contributed by atoms with Crippen LogP contribution in [-0.2, 0) is 7.05 Å². The minimum Gasteiger partial charge on any atom is -0.368 e. The first-order chi connectivity index (χ1) is 15.1. The summed E-state index contributed by atoms with van der Waals surface area (Å²) in [5.41, 5.74) is 4.01. The van der Waals surface area contributed by atoms with Gasteiger partial charge in [-0.15, -0.1) is 0 Å². The summed E-state index contributed by atoms with van der Waals surface area (Å²) in [5.74, 6) is 1.22. The predicted molar refractivity (Wildman–Crippen MR) is 122 cm³/mol. The number of hydrogen-bond acceptors (Lipinski definition) is 6. The zero-order valence-corrected chi connectivity index (χ0v) is 17.6. The van der Waals surface area contributed by atoms with Crippen LogP contribution in [0.5, 0.6) is 0 Å². The van der Waals surface area contributed by atoms with Crippen molar-refractivity contribution in [3.05, 3.63) is 66.1 Å². The minimum absolute atomic E-state index is 0.214. The van der Waals surface area contributed by atoms with Crippen molar-refractivity contribution in [2.24, 2.45) is 7.05 Å². The fourth-order valence-corrected chi connectivity index (χ4v) is 3.84. The molecule has 0 unspecified atom stereocenters. The molecule has 0 atom stereocenters. The molecule has 2 aromatic heterocycles. The summed E-state index contributed by atoms with van der Waals surface area (Å²) in [5, 5.41) is 8.69. The highest BCUT2D eigenvalue weighted by Gasteiger charge is 2.22. The number of benzene rings is 2. The molecule has 5 rings (SSSR count). The zero-order valence-electron chi connectivity index (χ0n) is 17.6. The van der Waals surface area contributed by atoms with Gasteiger partial charge >= 0.3 is 0 Å². The summed E-state index contributed by atoms with van der Waals surface area (Å²) < 4.78 is 15.0. The number of aryl methyl sites for hydroxylation is 2. The van der Waals surface area contributed by atoms with Gasteiger partial charge < -0.3 is 15.1 Å². The largest absolute Gasteiger partial charge is 0.368 e. The van der Waals surface area contributed by atoms with Gasteiger partial charge in [-0.3, -0.25) is 4.68 Å². The van der Waals surface area contributed by atoms with Gasteiger partial charge in [-0.05, 0) is 43.3 Å². The molecule has 0 spiro atoms. The molecule has 2 aromatic carbocycles. The van der Waals surface area contributed by atoms with E-state index in [4.69, 9.17) is 9.97 Å². The lowest BCUT2D eigenvalue weighted by molar-refractivity contribution is 0.623. The molecular formula is C23H24FN7. The molecule has 4 aromatic rings. The maximum atomic E-state index is 13.2. The number of aromatic nitrogens is 4. The molecule has 8 heteroatoms. The third-order valence-electron chi connectivity index (χ3n) is 5.65. The summed E-state index contributed by atoms with van der Waals surface area (Å²) in [7, 11) is 1.89. The highest BCUT2D eigenvalue weighted by Crippen LogP contribution is 2.27. The Labute approximate surface area is 180 Å². The molecule has 1 N–H and O–H groups in total. The van der Waals surface area contributed by atoms with Gasteiger partial charge in [0.25, 0.3) is 0 Å². The molecule has 0 aliphatic carbocycles. The van der Waals surface area contributed by atoms with E-state index in [1.807, 2.05) is 31.3 Å². The lowest BCUT2D eigenvalue weighted by Gasteiger charge is -2.36. The second-order valence-corrected chi connectivity index (χ2v) is 7.82. The fraction of sp³-hybridized carbons (Fsp3) is 0.261. The molecule has 0 saturated carbocycles. The summed E-state index contributed by atoms with van der Waals surface area (Å²) in [6.07, 6.45) is 1.79. The zero-order chi connectivity index (χ0) is 21.4. The number of nitrogens with one attached hydrogen (secondary N) is 1. The lowest BCUT2D eigenvalue weighted by atomic mass is 10.2. The Morgan fingerprint density at radius 3 is 2.26 bits per heavy atom. The molecule has 31 heavy (non-hydrogen) atoms. The molecule has 0 radical (unpaired) electrons. The van der Waals surface area contributed by atoms with E-state index in [1.54, 1.807) is 10.9 Å². The summed E-state index contributed by atoms with van der Waals surface area (Å²) in [6, 6.07) is 14.9. The summed E-state index contributed by atoms with van der Waals surface area (Å²) >= 11 is 0. The van der Waals surface area contributed by atoms with Crippen LogP contribution < -0.4 is 15.1 Å². The number of rotatable bonds is 4. The van der Waals surface area contributed by atoms with Crippen molar-refractivity contribution in [2.45, 2.75) is 6.92 Å². The standard InChI is InChI=1S/C23H24FN7/c1-16-3-7-18(8-4-16)26-21-20-15-25-29(2)22(20)28-23(27-21)31-13-11-30(12-14-31)19-9-5-17(24)6-10-19/h3-10,15H,11-14H2,1-2H3,(H,26,27,28). The third kappa shape index (κ3) is 3.88. The van der Waals surface area contributed by atoms with E-state index < -0.39 is 0 Å². The van der Waals surface area contributed by atoms with Crippen LogP contribution in [0.4, 0.5) is 27.5 Å². The second-order valence-electron chi connectivity index (χ2n) is 7.82. The second kappa shape index (κ2) is 7.86. The third-order valence-corrected chi connectivity index (χ3v) is 5.65. The van der Waals surface area contributed by atoms with E-state index in [1.165, 1.54) is 17.7 Å². The van der Waals surface area contributed by atoms with E-state index in [0.717, 1.165) is 54.4 Å². The smallest absolute Gasteiger partial charge is 0.229 e. The van der Waals surface area contributed by atoms with E-state index in [0.29, 0.717) is 5.95 Å².